The summed E-state index contributed by atoms with van der Waals surface area (Å²) >= 11 is 0. The monoisotopic (exact) mass is 346 g/mol. The van der Waals surface area contributed by atoms with E-state index in [0.717, 1.165) is 19.3 Å². The standard InChI is InChI=1S/C19H26N2O4/c1-5-7-10-19(4,24-11-6-2)18(23)21-17-9-8-16(25-14(3)22)12-15(17)13-20/h8-9,12H,5-7,10-11H2,1-4H3,(H,21,23)/t19-/m1/s1. The highest BCUT2D eigenvalue weighted by atomic mass is 16.5. The smallest absolute Gasteiger partial charge is 0.308 e. The van der Waals surface area contributed by atoms with Crippen molar-refractivity contribution in [1.82, 2.24) is 0 Å². The Morgan fingerprint density at radius 3 is 2.56 bits per heavy atom. The predicted octanol–water partition coefficient (Wildman–Crippen LogP) is 3.80. The van der Waals surface area contributed by atoms with Gasteiger partial charge in [-0.25, -0.2) is 0 Å². The second-order valence-corrected chi connectivity index (χ2v) is 6.05. The van der Waals surface area contributed by atoms with Crippen molar-refractivity contribution < 1.29 is 19.1 Å². The molecule has 6 nitrogen and oxygen atoms in total. The minimum Gasteiger partial charge on any atom is -0.427 e. The van der Waals surface area contributed by atoms with Crippen LogP contribution in [0.1, 0.15) is 58.9 Å². The molecule has 1 amide bonds. The summed E-state index contributed by atoms with van der Waals surface area (Å²) in [6.45, 7) is 7.59. The fourth-order valence-corrected chi connectivity index (χ4v) is 2.30. The van der Waals surface area contributed by atoms with Crippen LogP contribution in [-0.2, 0) is 14.3 Å². The molecule has 0 aliphatic carbocycles. The van der Waals surface area contributed by atoms with Gasteiger partial charge in [-0.15, -0.1) is 0 Å². The van der Waals surface area contributed by atoms with Gasteiger partial charge in [0.25, 0.3) is 5.91 Å². The van der Waals surface area contributed by atoms with Gasteiger partial charge in [-0.1, -0.05) is 26.7 Å². The summed E-state index contributed by atoms with van der Waals surface area (Å²) in [5.74, 6) is -0.495. The number of hydrogen-bond donors (Lipinski definition) is 1. The van der Waals surface area contributed by atoms with E-state index in [1.165, 1.54) is 19.1 Å². The third kappa shape index (κ3) is 6.20. The van der Waals surface area contributed by atoms with Crippen molar-refractivity contribution in [2.75, 3.05) is 11.9 Å². The van der Waals surface area contributed by atoms with E-state index >= 15 is 0 Å². The number of unbranched alkanes of at least 4 members (excludes halogenated alkanes) is 1. The van der Waals surface area contributed by atoms with Crippen LogP contribution in [-0.4, -0.2) is 24.1 Å². The van der Waals surface area contributed by atoms with Gasteiger partial charge in [-0.05, 0) is 31.9 Å². The van der Waals surface area contributed by atoms with E-state index in [2.05, 4.69) is 12.2 Å². The van der Waals surface area contributed by atoms with Crippen LogP contribution in [0.25, 0.3) is 0 Å². The molecule has 0 aliphatic heterocycles. The number of nitrogens with zero attached hydrogens (tertiary/aromatic N) is 1. The van der Waals surface area contributed by atoms with Crippen LogP contribution in [0.5, 0.6) is 5.75 Å². The van der Waals surface area contributed by atoms with Crippen molar-refractivity contribution in [3.63, 3.8) is 0 Å². The molecule has 0 spiro atoms. The normalized spacial score (nSPS) is 12.8. The molecule has 0 radical (unpaired) electrons. The second-order valence-electron chi connectivity index (χ2n) is 6.05. The number of benzene rings is 1. The molecular weight excluding hydrogens is 320 g/mol. The highest BCUT2D eigenvalue weighted by Gasteiger charge is 2.33. The molecule has 1 atom stereocenters. The molecule has 0 bridgehead atoms. The summed E-state index contributed by atoms with van der Waals surface area (Å²) in [5.41, 5.74) is -0.362. The van der Waals surface area contributed by atoms with Gasteiger partial charge in [0, 0.05) is 19.6 Å². The first kappa shape index (κ1) is 20.7. The van der Waals surface area contributed by atoms with E-state index in [0.29, 0.717) is 18.7 Å². The molecule has 0 saturated carbocycles. The van der Waals surface area contributed by atoms with Crippen LogP contribution in [0.4, 0.5) is 5.69 Å². The Kier molecular flexibility index (Phi) is 8.09. The summed E-state index contributed by atoms with van der Waals surface area (Å²) in [7, 11) is 0. The maximum Gasteiger partial charge on any atom is 0.308 e. The summed E-state index contributed by atoms with van der Waals surface area (Å²) in [5, 5.41) is 12.1. The largest absolute Gasteiger partial charge is 0.427 e. The van der Waals surface area contributed by atoms with E-state index in [1.54, 1.807) is 13.0 Å². The summed E-state index contributed by atoms with van der Waals surface area (Å²) in [6, 6.07) is 6.52. The highest BCUT2D eigenvalue weighted by Crippen LogP contribution is 2.26. The number of carbonyl (C=O) groups excluding carboxylic acids is 2. The number of carbonyl (C=O) groups is 2. The average molecular weight is 346 g/mol. The van der Waals surface area contributed by atoms with Crippen molar-refractivity contribution in [3.8, 4) is 11.8 Å². The number of anilines is 1. The lowest BCUT2D eigenvalue weighted by atomic mass is 9.97. The fraction of sp³-hybridized carbons (Fsp3) is 0.526. The van der Waals surface area contributed by atoms with Gasteiger partial charge in [0.15, 0.2) is 0 Å². The molecule has 1 aromatic rings. The molecule has 1 N–H and O–H groups in total. The lowest BCUT2D eigenvalue weighted by molar-refractivity contribution is -0.140. The Labute approximate surface area is 149 Å². The Balaban J connectivity index is 2.99. The highest BCUT2D eigenvalue weighted by molar-refractivity contribution is 5.98. The average Bonchev–Trinajstić information content (AvgIpc) is 2.58. The predicted molar refractivity (Wildman–Crippen MR) is 95.3 cm³/mol. The SMILES string of the molecule is CCCC[C@@](C)(OCCC)C(=O)Nc1ccc(OC(C)=O)cc1C#N. The summed E-state index contributed by atoms with van der Waals surface area (Å²) < 4.78 is 10.8. The molecule has 0 aliphatic rings. The van der Waals surface area contributed by atoms with E-state index in [4.69, 9.17) is 9.47 Å². The third-order valence-corrected chi connectivity index (χ3v) is 3.73. The molecule has 1 rings (SSSR count). The zero-order chi connectivity index (χ0) is 18.9. The van der Waals surface area contributed by atoms with Crippen LogP contribution < -0.4 is 10.1 Å². The van der Waals surface area contributed by atoms with E-state index in [9.17, 15) is 14.9 Å². The number of rotatable bonds is 9. The van der Waals surface area contributed by atoms with Crippen molar-refractivity contribution >= 4 is 17.6 Å². The van der Waals surface area contributed by atoms with Crippen molar-refractivity contribution in [2.45, 2.75) is 59.0 Å². The minimum atomic E-state index is -0.951. The minimum absolute atomic E-state index is 0.223. The Morgan fingerprint density at radius 1 is 1.28 bits per heavy atom. The lowest BCUT2D eigenvalue weighted by Gasteiger charge is -2.28. The van der Waals surface area contributed by atoms with Gasteiger partial charge in [-0.3, -0.25) is 9.59 Å². The quantitative estimate of drug-likeness (QED) is 0.543. The van der Waals surface area contributed by atoms with Gasteiger partial charge >= 0.3 is 5.97 Å². The number of esters is 1. The molecule has 0 fully saturated rings. The van der Waals surface area contributed by atoms with Crippen molar-refractivity contribution in [1.29, 1.82) is 5.26 Å². The number of ether oxygens (including phenoxy) is 2. The second kappa shape index (κ2) is 9.80. The Morgan fingerprint density at radius 2 is 2.00 bits per heavy atom. The third-order valence-electron chi connectivity index (χ3n) is 3.73. The maximum atomic E-state index is 12.7. The van der Waals surface area contributed by atoms with Crippen LogP contribution >= 0.6 is 0 Å². The fourth-order valence-electron chi connectivity index (χ4n) is 2.30. The molecular formula is C19H26N2O4. The van der Waals surface area contributed by atoms with Crippen LogP contribution in [0.2, 0.25) is 0 Å². The lowest BCUT2D eigenvalue weighted by Crippen LogP contribution is -2.43. The number of hydrogen-bond acceptors (Lipinski definition) is 5. The van der Waals surface area contributed by atoms with Gasteiger partial charge in [0.2, 0.25) is 0 Å². The molecule has 6 heteroatoms. The Hall–Kier alpha value is -2.39. The zero-order valence-corrected chi connectivity index (χ0v) is 15.3. The molecule has 0 heterocycles. The van der Waals surface area contributed by atoms with Crippen molar-refractivity contribution in [3.05, 3.63) is 23.8 Å². The Bertz CT molecular complexity index is 641. The molecule has 0 saturated heterocycles. The van der Waals surface area contributed by atoms with Crippen LogP contribution in [0.15, 0.2) is 18.2 Å². The van der Waals surface area contributed by atoms with E-state index in [-0.39, 0.29) is 17.2 Å². The number of amides is 1. The van der Waals surface area contributed by atoms with Gasteiger partial charge in [0.1, 0.15) is 17.4 Å². The molecule has 0 unspecified atom stereocenters. The molecule has 0 aromatic heterocycles. The summed E-state index contributed by atoms with van der Waals surface area (Å²) in [6.07, 6.45) is 3.24. The number of nitriles is 1. The zero-order valence-electron chi connectivity index (χ0n) is 15.3. The first-order chi connectivity index (χ1) is 11.9. The van der Waals surface area contributed by atoms with Crippen molar-refractivity contribution in [2.24, 2.45) is 0 Å². The van der Waals surface area contributed by atoms with E-state index in [1.807, 2.05) is 13.0 Å². The first-order valence-electron chi connectivity index (χ1n) is 8.54. The molecule has 25 heavy (non-hydrogen) atoms. The first-order valence-corrected chi connectivity index (χ1v) is 8.54. The maximum absolute atomic E-state index is 12.7. The van der Waals surface area contributed by atoms with Crippen LogP contribution in [0, 0.1) is 11.3 Å². The van der Waals surface area contributed by atoms with Gasteiger partial charge in [-0.2, -0.15) is 5.26 Å². The van der Waals surface area contributed by atoms with Gasteiger partial charge in [0.05, 0.1) is 11.3 Å². The van der Waals surface area contributed by atoms with Gasteiger partial charge < -0.3 is 14.8 Å². The van der Waals surface area contributed by atoms with E-state index < -0.39 is 11.6 Å². The molecule has 1 aromatic carbocycles. The summed E-state index contributed by atoms with van der Waals surface area (Å²) in [4.78, 5) is 23.8. The topological polar surface area (TPSA) is 88.4 Å². The molecule has 136 valence electrons. The number of nitrogens with one attached hydrogen (secondary N) is 1. The van der Waals surface area contributed by atoms with Crippen LogP contribution in [0.3, 0.4) is 0 Å².